The Balaban J connectivity index is 1.65. The number of nitrogens with one attached hydrogen (secondary N) is 1. The summed E-state index contributed by atoms with van der Waals surface area (Å²) in [5.74, 6) is -1.43. The first-order chi connectivity index (χ1) is 16.5. The molecule has 35 heavy (non-hydrogen) atoms. The van der Waals surface area contributed by atoms with E-state index < -0.39 is 34.1 Å². The van der Waals surface area contributed by atoms with Crippen molar-refractivity contribution in [1.29, 1.82) is 0 Å². The molecule has 0 bridgehead atoms. The van der Waals surface area contributed by atoms with E-state index in [0.29, 0.717) is 21.9 Å². The summed E-state index contributed by atoms with van der Waals surface area (Å²) in [4.78, 5) is 13.1. The van der Waals surface area contributed by atoms with Crippen molar-refractivity contribution in [2.75, 3.05) is 18.1 Å². The van der Waals surface area contributed by atoms with E-state index in [0.717, 1.165) is 11.8 Å². The molecule has 0 aliphatic carbocycles. The number of rotatable bonds is 6. The summed E-state index contributed by atoms with van der Waals surface area (Å²) in [6.45, 7) is -0.663. The molecule has 3 aromatic rings. The number of nitrogens with zero attached hydrogens (tertiary/aromatic N) is 1. The molecular formula is C25H23F3N2O4S. The topological polar surface area (TPSA) is 75.7 Å². The summed E-state index contributed by atoms with van der Waals surface area (Å²) in [6, 6.07) is 20.9. The van der Waals surface area contributed by atoms with Gasteiger partial charge in [0, 0.05) is 19.3 Å². The lowest BCUT2D eigenvalue weighted by Crippen LogP contribution is -2.49. The highest BCUT2D eigenvalue weighted by Gasteiger charge is 2.44. The molecule has 2 atom stereocenters. The standard InChI is InChI=1S/C25H23F3N2O4S/c1-35(32,33)19-13-11-17(12-14-19)15-30(24(31)25(26,27)28)16-21-23(18-7-3-2-4-8-18)34-22-10-6-5-9-20(22)29-21/h2-14,21,23,29H,15-16H2,1H3. The van der Waals surface area contributed by atoms with Crippen LogP contribution in [0, 0.1) is 0 Å². The Hall–Kier alpha value is -3.53. The highest BCUT2D eigenvalue weighted by molar-refractivity contribution is 7.90. The van der Waals surface area contributed by atoms with E-state index in [1.165, 1.54) is 24.3 Å². The van der Waals surface area contributed by atoms with Crippen molar-refractivity contribution in [2.45, 2.75) is 29.8 Å². The lowest BCUT2D eigenvalue weighted by Gasteiger charge is -2.38. The molecule has 0 saturated heterocycles. The summed E-state index contributed by atoms with van der Waals surface area (Å²) in [5.41, 5.74) is 1.72. The number of para-hydroxylation sites is 2. The Morgan fingerprint density at radius 3 is 2.23 bits per heavy atom. The molecule has 0 aromatic heterocycles. The van der Waals surface area contributed by atoms with E-state index >= 15 is 0 Å². The number of hydrogen-bond donors (Lipinski definition) is 1. The first-order valence-electron chi connectivity index (χ1n) is 10.7. The third-order valence-electron chi connectivity index (χ3n) is 5.65. The first-order valence-corrected chi connectivity index (χ1v) is 12.6. The van der Waals surface area contributed by atoms with Gasteiger partial charge < -0.3 is 15.0 Å². The van der Waals surface area contributed by atoms with Gasteiger partial charge in [0.15, 0.2) is 9.84 Å². The van der Waals surface area contributed by atoms with E-state index in [-0.39, 0.29) is 18.0 Å². The van der Waals surface area contributed by atoms with Crippen LogP contribution in [0.1, 0.15) is 17.2 Å². The number of amides is 1. The van der Waals surface area contributed by atoms with Gasteiger partial charge in [-0.3, -0.25) is 4.79 Å². The van der Waals surface area contributed by atoms with E-state index in [1.807, 2.05) is 18.2 Å². The van der Waals surface area contributed by atoms with Crippen molar-refractivity contribution < 1.29 is 31.1 Å². The lowest BCUT2D eigenvalue weighted by atomic mass is 9.98. The summed E-state index contributed by atoms with van der Waals surface area (Å²) in [6.07, 6.45) is -4.69. The van der Waals surface area contributed by atoms with Crippen LogP contribution in [0.5, 0.6) is 5.75 Å². The van der Waals surface area contributed by atoms with Crippen LogP contribution in [-0.2, 0) is 21.2 Å². The predicted octanol–water partition coefficient (Wildman–Crippen LogP) is 4.60. The normalized spacial score (nSPS) is 17.6. The third-order valence-corrected chi connectivity index (χ3v) is 6.78. The average molecular weight is 505 g/mol. The van der Waals surface area contributed by atoms with E-state index in [9.17, 15) is 26.4 Å². The van der Waals surface area contributed by atoms with Gasteiger partial charge in [-0.2, -0.15) is 13.2 Å². The minimum atomic E-state index is -5.08. The van der Waals surface area contributed by atoms with Crippen LogP contribution in [0.15, 0.2) is 83.8 Å². The Labute approximate surface area is 201 Å². The lowest BCUT2D eigenvalue weighted by molar-refractivity contribution is -0.186. The van der Waals surface area contributed by atoms with Crippen molar-refractivity contribution in [1.82, 2.24) is 4.90 Å². The zero-order valence-corrected chi connectivity index (χ0v) is 19.5. The van der Waals surface area contributed by atoms with Crippen LogP contribution in [-0.4, -0.2) is 44.2 Å². The minimum absolute atomic E-state index is 0.0399. The molecule has 1 heterocycles. The van der Waals surface area contributed by atoms with Gasteiger partial charge in [-0.05, 0) is 35.4 Å². The summed E-state index contributed by atoms with van der Waals surface area (Å²) in [7, 11) is -3.46. The summed E-state index contributed by atoms with van der Waals surface area (Å²) >= 11 is 0. The fraction of sp³-hybridized carbons (Fsp3) is 0.240. The Morgan fingerprint density at radius 2 is 1.60 bits per heavy atom. The number of carbonyl (C=O) groups excluding carboxylic acids is 1. The zero-order valence-electron chi connectivity index (χ0n) is 18.7. The maximum Gasteiger partial charge on any atom is 0.471 e. The molecule has 1 aliphatic rings. The highest BCUT2D eigenvalue weighted by atomic mass is 32.2. The minimum Gasteiger partial charge on any atom is -0.481 e. The van der Waals surface area contributed by atoms with Crippen LogP contribution in [0.3, 0.4) is 0 Å². The van der Waals surface area contributed by atoms with Crippen molar-refractivity contribution in [3.05, 3.63) is 90.0 Å². The molecule has 6 nitrogen and oxygen atoms in total. The maximum atomic E-state index is 13.5. The fourth-order valence-electron chi connectivity index (χ4n) is 3.97. The highest BCUT2D eigenvalue weighted by Crippen LogP contribution is 2.38. The number of hydrogen-bond acceptors (Lipinski definition) is 5. The van der Waals surface area contributed by atoms with Crippen LogP contribution in [0.2, 0.25) is 0 Å². The smallest absolute Gasteiger partial charge is 0.471 e. The second-order valence-electron chi connectivity index (χ2n) is 8.30. The van der Waals surface area contributed by atoms with E-state index in [4.69, 9.17) is 4.74 Å². The molecule has 4 rings (SSSR count). The molecule has 0 fully saturated rings. The average Bonchev–Trinajstić information content (AvgIpc) is 2.82. The Morgan fingerprint density at radius 1 is 0.971 bits per heavy atom. The molecule has 1 N–H and O–H groups in total. The molecule has 184 valence electrons. The second-order valence-corrected chi connectivity index (χ2v) is 10.3. The molecular weight excluding hydrogens is 481 g/mol. The number of sulfone groups is 1. The van der Waals surface area contributed by atoms with Crippen molar-refractivity contribution in [2.24, 2.45) is 0 Å². The second kappa shape index (κ2) is 9.61. The van der Waals surface area contributed by atoms with Gasteiger partial charge in [0.25, 0.3) is 0 Å². The molecule has 1 amide bonds. The van der Waals surface area contributed by atoms with Crippen LogP contribution in [0.25, 0.3) is 0 Å². The number of carbonyl (C=O) groups is 1. The predicted molar refractivity (Wildman–Crippen MR) is 125 cm³/mol. The molecule has 10 heteroatoms. The number of benzene rings is 3. The van der Waals surface area contributed by atoms with Crippen molar-refractivity contribution in [3.8, 4) is 5.75 Å². The van der Waals surface area contributed by atoms with Gasteiger partial charge in [0.1, 0.15) is 11.9 Å². The molecule has 2 unspecified atom stereocenters. The quantitative estimate of drug-likeness (QED) is 0.531. The van der Waals surface area contributed by atoms with Gasteiger partial charge >= 0.3 is 12.1 Å². The van der Waals surface area contributed by atoms with Crippen molar-refractivity contribution >= 4 is 21.4 Å². The molecule has 3 aromatic carbocycles. The number of halogens is 3. The Bertz CT molecular complexity index is 1300. The van der Waals surface area contributed by atoms with Gasteiger partial charge in [0.05, 0.1) is 16.6 Å². The van der Waals surface area contributed by atoms with E-state index in [2.05, 4.69) is 5.32 Å². The molecule has 1 aliphatic heterocycles. The van der Waals surface area contributed by atoms with Crippen molar-refractivity contribution in [3.63, 3.8) is 0 Å². The van der Waals surface area contributed by atoms with Gasteiger partial charge in [-0.1, -0.05) is 54.6 Å². The first kappa shape index (κ1) is 24.6. The van der Waals surface area contributed by atoms with Gasteiger partial charge in [-0.25, -0.2) is 8.42 Å². The fourth-order valence-corrected chi connectivity index (χ4v) is 4.60. The summed E-state index contributed by atoms with van der Waals surface area (Å²) in [5, 5.41) is 3.23. The molecule has 0 saturated carbocycles. The number of ether oxygens (including phenoxy) is 1. The number of anilines is 1. The number of fused-ring (bicyclic) bond motifs is 1. The van der Waals surface area contributed by atoms with Gasteiger partial charge in [-0.15, -0.1) is 0 Å². The molecule has 0 radical (unpaired) electrons. The van der Waals surface area contributed by atoms with Crippen LogP contribution >= 0.6 is 0 Å². The zero-order chi connectivity index (χ0) is 25.2. The summed E-state index contributed by atoms with van der Waals surface area (Å²) < 4.78 is 70.1. The van der Waals surface area contributed by atoms with Crippen LogP contribution < -0.4 is 10.1 Å². The van der Waals surface area contributed by atoms with E-state index in [1.54, 1.807) is 36.4 Å². The SMILES string of the molecule is CS(=O)(=O)c1ccc(CN(CC2Nc3ccccc3OC2c2ccccc2)C(=O)C(F)(F)F)cc1. The van der Waals surface area contributed by atoms with Gasteiger partial charge in [0.2, 0.25) is 0 Å². The Kier molecular flexibility index (Phi) is 6.75. The maximum absolute atomic E-state index is 13.5. The van der Waals surface area contributed by atoms with Crippen LogP contribution in [0.4, 0.5) is 18.9 Å². The largest absolute Gasteiger partial charge is 0.481 e. The molecule has 0 spiro atoms. The number of alkyl halides is 3. The monoisotopic (exact) mass is 504 g/mol. The third kappa shape index (κ3) is 5.76.